The number of amides is 2. The zero-order valence-corrected chi connectivity index (χ0v) is 16.2. The van der Waals surface area contributed by atoms with Crippen molar-refractivity contribution in [3.05, 3.63) is 47.8 Å². The normalized spacial score (nSPS) is 19.3. The first kappa shape index (κ1) is 18.8. The molecular formula is C18H20N2O4S2. The first-order valence-electron chi connectivity index (χ1n) is 8.36. The van der Waals surface area contributed by atoms with Gasteiger partial charge in [-0.2, -0.15) is 4.31 Å². The van der Waals surface area contributed by atoms with Crippen molar-refractivity contribution < 1.29 is 18.0 Å². The third-order valence-corrected chi connectivity index (χ3v) is 7.89. The van der Waals surface area contributed by atoms with Crippen molar-refractivity contribution in [1.29, 1.82) is 0 Å². The average Bonchev–Trinajstić information content (AvgIpc) is 3.25. The standard InChI is InChI=1S/C18H20N2O4S2/c1-3-13(2)20(26(23,24)17-10-7-11-25-17)15-12-16(21)19(18(15)22)14-8-5-4-6-9-14/h4-11,13,15H,3,12H2,1-2H3. The van der Waals surface area contributed by atoms with Crippen LogP contribution in [0, 0.1) is 0 Å². The van der Waals surface area contributed by atoms with Gasteiger partial charge in [-0.05, 0) is 36.9 Å². The van der Waals surface area contributed by atoms with Gasteiger partial charge in [-0.1, -0.05) is 31.2 Å². The lowest BCUT2D eigenvalue weighted by atomic mass is 10.2. The number of hydrogen-bond donors (Lipinski definition) is 0. The second kappa shape index (κ2) is 7.30. The molecule has 6 nitrogen and oxygen atoms in total. The Morgan fingerprint density at radius 3 is 2.46 bits per heavy atom. The fourth-order valence-corrected chi connectivity index (χ4v) is 6.01. The SMILES string of the molecule is CCC(C)N(C1CC(=O)N(c2ccccc2)C1=O)S(=O)(=O)c1cccs1. The first-order valence-corrected chi connectivity index (χ1v) is 10.7. The van der Waals surface area contributed by atoms with Gasteiger partial charge in [0.15, 0.2) is 0 Å². The Morgan fingerprint density at radius 1 is 1.19 bits per heavy atom. The minimum atomic E-state index is -3.86. The van der Waals surface area contributed by atoms with Gasteiger partial charge in [0.05, 0.1) is 12.1 Å². The summed E-state index contributed by atoms with van der Waals surface area (Å²) in [6.07, 6.45) is 0.386. The van der Waals surface area contributed by atoms with E-state index in [4.69, 9.17) is 0 Å². The zero-order chi connectivity index (χ0) is 18.9. The fourth-order valence-electron chi connectivity index (χ4n) is 3.07. The summed E-state index contributed by atoms with van der Waals surface area (Å²) in [5.41, 5.74) is 0.461. The number of thiophene rings is 1. The van der Waals surface area contributed by atoms with Crippen LogP contribution in [0.2, 0.25) is 0 Å². The lowest BCUT2D eigenvalue weighted by Gasteiger charge is -2.31. The molecule has 138 valence electrons. The Kier molecular flexibility index (Phi) is 5.27. The molecule has 2 aromatic rings. The van der Waals surface area contributed by atoms with Gasteiger partial charge in [-0.25, -0.2) is 13.3 Å². The molecule has 1 fully saturated rings. The van der Waals surface area contributed by atoms with Crippen LogP contribution in [-0.4, -0.2) is 36.6 Å². The van der Waals surface area contributed by atoms with Gasteiger partial charge in [-0.15, -0.1) is 11.3 Å². The molecule has 3 rings (SSSR count). The summed E-state index contributed by atoms with van der Waals surface area (Å²) < 4.78 is 27.6. The van der Waals surface area contributed by atoms with Gasteiger partial charge in [-0.3, -0.25) is 9.59 Å². The minimum absolute atomic E-state index is 0.150. The molecule has 1 aromatic carbocycles. The zero-order valence-electron chi connectivity index (χ0n) is 14.5. The number of anilines is 1. The van der Waals surface area contributed by atoms with Crippen LogP contribution in [0.1, 0.15) is 26.7 Å². The summed E-state index contributed by atoms with van der Waals surface area (Å²) >= 11 is 1.10. The van der Waals surface area contributed by atoms with Crippen LogP contribution in [0.25, 0.3) is 0 Å². The van der Waals surface area contributed by atoms with Crippen LogP contribution in [0.4, 0.5) is 5.69 Å². The van der Waals surface area contributed by atoms with Gasteiger partial charge in [0.1, 0.15) is 10.3 Å². The van der Waals surface area contributed by atoms with Crippen LogP contribution in [-0.2, 0) is 19.6 Å². The highest BCUT2D eigenvalue weighted by Crippen LogP contribution is 2.32. The fraction of sp³-hybridized carbons (Fsp3) is 0.333. The van der Waals surface area contributed by atoms with Gasteiger partial charge in [0.2, 0.25) is 5.91 Å². The number of nitrogens with zero attached hydrogens (tertiary/aromatic N) is 2. The molecule has 2 atom stereocenters. The molecule has 0 bridgehead atoms. The molecule has 0 radical (unpaired) electrons. The maximum absolute atomic E-state index is 13.1. The van der Waals surface area contributed by atoms with Crippen molar-refractivity contribution in [2.45, 2.75) is 43.0 Å². The predicted molar refractivity (Wildman–Crippen MR) is 100 cm³/mol. The van der Waals surface area contributed by atoms with E-state index in [1.165, 1.54) is 10.4 Å². The summed E-state index contributed by atoms with van der Waals surface area (Å²) in [5.74, 6) is -0.887. The summed E-state index contributed by atoms with van der Waals surface area (Å²) in [4.78, 5) is 26.6. The summed E-state index contributed by atoms with van der Waals surface area (Å²) in [6, 6.07) is 10.3. The number of para-hydroxylation sites is 1. The largest absolute Gasteiger partial charge is 0.274 e. The van der Waals surface area contributed by atoms with Crippen molar-refractivity contribution in [3.8, 4) is 0 Å². The summed E-state index contributed by atoms with van der Waals surface area (Å²) in [7, 11) is -3.86. The molecule has 0 aliphatic carbocycles. The number of hydrogen-bond acceptors (Lipinski definition) is 5. The molecule has 1 aliphatic rings. The van der Waals surface area contributed by atoms with Crippen LogP contribution in [0.3, 0.4) is 0 Å². The third kappa shape index (κ3) is 3.20. The van der Waals surface area contributed by atoms with E-state index in [0.29, 0.717) is 12.1 Å². The Balaban J connectivity index is 2.01. The topological polar surface area (TPSA) is 74.8 Å². The van der Waals surface area contributed by atoms with Crippen LogP contribution in [0.15, 0.2) is 52.1 Å². The molecule has 26 heavy (non-hydrogen) atoms. The predicted octanol–water partition coefficient (Wildman–Crippen LogP) is 2.87. The van der Waals surface area contributed by atoms with E-state index in [9.17, 15) is 18.0 Å². The number of imide groups is 1. The van der Waals surface area contributed by atoms with Gasteiger partial charge < -0.3 is 0 Å². The number of rotatable bonds is 6. The van der Waals surface area contributed by atoms with E-state index in [1.807, 2.05) is 6.92 Å². The second-order valence-corrected chi connectivity index (χ2v) is 9.16. The number of carbonyl (C=O) groups excluding carboxylic acids is 2. The third-order valence-electron chi connectivity index (χ3n) is 4.50. The molecular weight excluding hydrogens is 372 g/mol. The van der Waals surface area contributed by atoms with Crippen LogP contribution < -0.4 is 4.90 Å². The molecule has 2 unspecified atom stereocenters. The Hall–Kier alpha value is -2.03. The molecule has 1 saturated heterocycles. The molecule has 0 spiro atoms. The van der Waals surface area contributed by atoms with Gasteiger partial charge >= 0.3 is 0 Å². The quantitative estimate of drug-likeness (QED) is 0.709. The molecule has 1 aliphatic heterocycles. The summed E-state index contributed by atoms with van der Waals surface area (Å²) in [5, 5.41) is 1.68. The van der Waals surface area contributed by atoms with Gasteiger partial charge in [0, 0.05) is 6.04 Å². The van der Waals surface area contributed by atoms with E-state index in [1.54, 1.807) is 48.7 Å². The maximum atomic E-state index is 13.1. The van der Waals surface area contributed by atoms with Crippen molar-refractivity contribution >= 4 is 38.9 Å². The van der Waals surface area contributed by atoms with E-state index in [2.05, 4.69) is 0 Å². The van der Waals surface area contributed by atoms with E-state index >= 15 is 0 Å². The van der Waals surface area contributed by atoms with Gasteiger partial charge in [0.25, 0.3) is 15.9 Å². The molecule has 8 heteroatoms. The number of benzene rings is 1. The summed E-state index contributed by atoms with van der Waals surface area (Å²) in [6.45, 7) is 3.62. The number of carbonyl (C=O) groups is 2. The lowest BCUT2D eigenvalue weighted by molar-refractivity contribution is -0.122. The minimum Gasteiger partial charge on any atom is -0.274 e. The van der Waals surface area contributed by atoms with E-state index in [-0.39, 0.29) is 16.5 Å². The molecule has 0 saturated carbocycles. The molecule has 0 N–H and O–H groups in total. The van der Waals surface area contributed by atoms with E-state index in [0.717, 1.165) is 16.2 Å². The molecule has 1 aromatic heterocycles. The van der Waals surface area contributed by atoms with Crippen molar-refractivity contribution in [2.75, 3.05) is 4.90 Å². The van der Waals surface area contributed by atoms with Crippen molar-refractivity contribution in [1.82, 2.24) is 4.31 Å². The Labute approximate surface area is 157 Å². The van der Waals surface area contributed by atoms with Crippen molar-refractivity contribution in [2.24, 2.45) is 0 Å². The highest BCUT2D eigenvalue weighted by molar-refractivity contribution is 7.91. The first-order chi connectivity index (χ1) is 12.4. The molecule has 2 heterocycles. The number of sulfonamides is 1. The maximum Gasteiger partial charge on any atom is 0.253 e. The Bertz CT molecular complexity index is 895. The highest BCUT2D eigenvalue weighted by atomic mass is 32.2. The highest BCUT2D eigenvalue weighted by Gasteiger charge is 2.48. The van der Waals surface area contributed by atoms with Crippen LogP contribution >= 0.6 is 11.3 Å². The average molecular weight is 393 g/mol. The monoisotopic (exact) mass is 392 g/mol. The van der Waals surface area contributed by atoms with E-state index < -0.39 is 28.0 Å². The van der Waals surface area contributed by atoms with Crippen molar-refractivity contribution in [3.63, 3.8) is 0 Å². The smallest absolute Gasteiger partial charge is 0.253 e. The molecule has 2 amide bonds. The van der Waals surface area contributed by atoms with Crippen LogP contribution in [0.5, 0.6) is 0 Å². The second-order valence-electron chi connectivity index (χ2n) is 6.15. The Morgan fingerprint density at radius 2 is 1.88 bits per heavy atom. The lowest BCUT2D eigenvalue weighted by Crippen LogP contribution is -2.49.